The molecule has 0 aromatic carbocycles. The molecule has 2 aromatic heterocycles. The zero-order chi connectivity index (χ0) is 13.9. The van der Waals surface area contributed by atoms with E-state index in [1.165, 1.54) is 0 Å². The largest absolute Gasteiger partial charge is 0.351 e. The molecule has 2 aromatic rings. The highest BCUT2D eigenvalue weighted by molar-refractivity contribution is 5.72. The van der Waals surface area contributed by atoms with Crippen LogP contribution < -0.4 is 5.73 Å². The molecule has 104 valence electrons. The summed E-state index contributed by atoms with van der Waals surface area (Å²) in [4.78, 5) is 17.2. The van der Waals surface area contributed by atoms with Gasteiger partial charge in [0.15, 0.2) is 0 Å². The van der Waals surface area contributed by atoms with Gasteiger partial charge < -0.3 is 15.2 Å². The molecule has 1 saturated heterocycles. The second-order valence-corrected chi connectivity index (χ2v) is 4.69. The molecule has 1 atom stereocenters. The molecule has 0 spiro atoms. The molecule has 0 radical (unpaired) electrons. The number of rotatable bonds is 2. The molecule has 2 N–H and O–H groups in total. The van der Waals surface area contributed by atoms with Gasteiger partial charge in [0.05, 0.1) is 5.92 Å². The average Bonchev–Trinajstić information content (AvgIpc) is 2.98. The van der Waals surface area contributed by atoms with Gasteiger partial charge in [-0.1, -0.05) is 5.16 Å². The van der Waals surface area contributed by atoms with Crippen LogP contribution >= 0.6 is 0 Å². The van der Waals surface area contributed by atoms with E-state index in [0.717, 1.165) is 12.8 Å². The Morgan fingerprint density at radius 2 is 2.40 bits per heavy atom. The highest BCUT2D eigenvalue weighted by Gasteiger charge is 2.27. The molecule has 2 amide bonds. The smallest absolute Gasteiger partial charge is 0.314 e. The summed E-state index contributed by atoms with van der Waals surface area (Å²) in [5.41, 5.74) is 5.87. The van der Waals surface area contributed by atoms with Crippen molar-refractivity contribution in [3.8, 4) is 11.5 Å². The van der Waals surface area contributed by atoms with Crippen molar-refractivity contribution in [2.24, 2.45) is 5.73 Å². The van der Waals surface area contributed by atoms with Crippen LogP contribution in [0.15, 0.2) is 22.9 Å². The van der Waals surface area contributed by atoms with Gasteiger partial charge in [0, 0.05) is 19.3 Å². The van der Waals surface area contributed by atoms with Gasteiger partial charge in [-0.2, -0.15) is 10.1 Å². The van der Waals surface area contributed by atoms with Gasteiger partial charge in [-0.3, -0.25) is 0 Å². The number of hydrogen-bond donors (Lipinski definition) is 1. The standard InChI is InChI=1S/C12H14N6O2/c13-12(19)18-6-2-3-8(7-18)11-15-10(17-20-11)9-4-1-5-14-16-9/h1,4-5,8H,2-3,6-7H2,(H2,13,19). The van der Waals surface area contributed by atoms with E-state index in [9.17, 15) is 4.79 Å². The van der Waals surface area contributed by atoms with Crippen LogP contribution in [0.1, 0.15) is 24.7 Å². The Hall–Kier alpha value is -2.51. The van der Waals surface area contributed by atoms with Crippen LogP contribution in [-0.4, -0.2) is 44.4 Å². The van der Waals surface area contributed by atoms with Crippen LogP contribution in [0.2, 0.25) is 0 Å². The summed E-state index contributed by atoms with van der Waals surface area (Å²) < 4.78 is 5.28. The van der Waals surface area contributed by atoms with Crippen molar-refractivity contribution in [2.45, 2.75) is 18.8 Å². The van der Waals surface area contributed by atoms with E-state index >= 15 is 0 Å². The third-order valence-corrected chi connectivity index (χ3v) is 3.33. The minimum atomic E-state index is -0.414. The first-order valence-electron chi connectivity index (χ1n) is 6.40. The van der Waals surface area contributed by atoms with Gasteiger partial charge in [-0.25, -0.2) is 4.79 Å². The maximum Gasteiger partial charge on any atom is 0.314 e. The summed E-state index contributed by atoms with van der Waals surface area (Å²) in [6, 6.07) is 3.11. The molecule has 0 aliphatic carbocycles. The fourth-order valence-corrected chi connectivity index (χ4v) is 2.30. The number of carbonyl (C=O) groups excluding carboxylic acids is 1. The van der Waals surface area contributed by atoms with Gasteiger partial charge in [0.1, 0.15) is 5.69 Å². The second kappa shape index (κ2) is 5.24. The van der Waals surface area contributed by atoms with Crippen molar-refractivity contribution in [2.75, 3.05) is 13.1 Å². The minimum absolute atomic E-state index is 0.0224. The normalized spacial score (nSPS) is 19.0. The van der Waals surface area contributed by atoms with Crippen molar-refractivity contribution >= 4 is 6.03 Å². The van der Waals surface area contributed by atoms with E-state index in [0.29, 0.717) is 30.5 Å². The predicted octanol–water partition coefficient (Wildman–Crippen LogP) is 0.785. The summed E-state index contributed by atoms with van der Waals surface area (Å²) in [6.07, 6.45) is 3.35. The maximum absolute atomic E-state index is 11.2. The van der Waals surface area contributed by atoms with Crippen LogP contribution in [0, 0.1) is 0 Å². The third kappa shape index (κ3) is 2.44. The molecule has 1 aliphatic heterocycles. The van der Waals surface area contributed by atoms with Crippen LogP contribution in [-0.2, 0) is 0 Å². The van der Waals surface area contributed by atoms with Gasteiger partial charge in [-0.05, 0) is 25.0 Å². The van der Waals surface area contributed by atoms with E-state index in [4.69, 9.17) is 10.3 Å². The van der Waals surface area contributed by atoms with Crippen molar-refractivity contribution in [3.05, 3.63) is 24.2 Å². The van der Waals surface area contributed by atoms with E-state index < -0.39 is 6.03 Å². The Morgan fingerprint density at radius 3 is 3.15 bits per heavy atom. The quantitative estimate of drug-likeness (QED) is 0.866. The van der Waals surface area contributed by atoms with Crippen molar-refractivity contribution < 1.29 is 9.32 Å². The Kier molecular flexibility index (Phi) is 3.28. The first-order valence-corrected chi connectivity index (χ1v) is 6.40. The highest BCUT2D eigenvalue weighted by Crippen LogP contribution is 2.26. The third-order valence-electron chi connectivity index (χ3n) is 3.33. The SMILES string of the molecule is NC(=O)N1CCCC(c2nc(-c3cccnn3)no2)C1. The molecule has 20 heavy (non-hydrogen) atoms. The molecular formula is C12H14N6O2. The van der Waals surface area contributed by atoms with Crippen molar-refractivity contribution in [3.63, 3.8) is 0 Å². The number of aromatic nitrogens is 4. The molecule has 3 heterocycles. The number of likely N-dealkylation sites (tertiary alicyclic amines) is 1. The fraction of sp³-hybridized carbons (Fsp3) is 0.417. The monoisotopic (exact) mass is 274 g/mol. The lowest BCUT2D eigenvalue weighted by Crippen LogP contribution is -2.42. The maximum atomic E-state index is 11.2. The Morgan fingerprint density at radius 1 is 1.50 bits per heavy atom. The number of nitrogens with zero attached hydrogens (tertiary/aromatic N) is 5. The molecule has 1 aliphatic rings. The second-order valence-electron chi connectivity index (χ2n) is 4.69. The molecule has 1 fully saturated rings. The van der Waals surface area contributed by atoms with Crippen molar-refractivity contribution in [1.82, 2.24) is 25.2 Å². The molecule has 0 saturated carbocycles. The lowest BCUT2D eigenvalue weighted by atomic mass is 9.98. The lowest BCUT2D eigenvalue weighted by Gasteiger charge is -2.29. The molecule has 0 bridgehead atoms. The van der Waals surface area contributed by atoms with Crippen LogP contribution in [0.5, 0.6) is 0 Å². The van der Waals surface area contributed by atoms with Gasteiger partial charge in [0.2, 0.25) is 11.7 Å². The predicted molar refractivity (Wildman–Crippen MR) is 68.5 cm³/mol. The van der Waals surface area contributed by atoms with E-state index in [1.54, 1.807) is 23.2 Å². The number of amides is 2. The van der Waals surface area contributed by atoms with E-state index in [2.05, 4.69) is 20.3 Å². The fourth-order valence-electron chi connectivity index (χ4n) is 2.30. The number of primary amides is 1. The summed E-state index contributed by atoms with van der Waals surface area (Å²) in [7, 11) is 0. The first-order chi connectivity index (χ1) is 9.74. The number of carbonyl (C=O) groups is 1. The van der Waals surface area contributed by atoms with Crippen LogP contribution in [0.3, 0.4) is 0 Å². The lowest BCUT2D eigenvalue weighted by molar-refractivity contribution is 0.180. The van der Waals surface area contributed by atoms with Crippen LogP contribution in [0.4, 0.5) is 4.79 Å². The average molecular weight is 274 g/mol. The molecule has 3 rings (SSSR count). The first kappa shape index (κ1) is 12.5. The summed E-state index contributed by atoms with van der Waals surface area (Å²) in [5.74, 6) is 0.940. The number of hydrogen-bond acceptors (Lipinski definition) is 6. The molecule has 8 heteroatoms. The number of piperidine rings is 1. The van der Waals surface area contributed by atoms with E-state index in [1.807, 2.05) is 0 Å². The molecular weight excluding hydrogens is 260 g/mol. The molecule has 1 unspecified atom stereocenters. The Labute approximate surface area is 115 Å². The summed E-state index contributed by atoms with van der Waals surface area (Å²) in [6.45, 7) is 1.19. The van der Waals surface area contributed by atoms with Crippen molar-refractivity contribution in [1.29, 1.82) is 0 Å². The van der Waals surface area contributed by atoms with Gasteiger partial charge >= 0.3 is 6.03 Å². The zero-order valence-electron chi connectivity index (χ0n) is 10.8. The Bertz CT molecular complexity index is 599. The van der Waals surface area contributed by atoms with Gasteiger partial charge in [-0.15, -0.1) is 5.10 Å². The minimum Gasteiger partial charge on any atom is -0.351 e. The van der Waals surface area contributed by atoms with Gasteiger partial charge in [0.25, 0.3) is 0 Å². The topological polar surface area (TPSA) is 111 Å². The number of urea groups is 1. The Balaban J connectivity index is 1.78. The zero-order valence-corrected chi connectivity index (χ0v) is 10.8. The summed E-state index contributed by atoms with van der Waals surface area (Å²) >= 11 is 0. The van der Waals surface area contributed by atoms with E-state index in [-0.39, 0.29) is 5.92 Å². The molecule has 8 nitrogen and oxygen atoms in total. The number of nitrogens with two attached hydrogens (primary N) is 1. The van der Waals surface area contributed by atoms with Crippen LogP contribution in [0.25, 0.3) is 11.5 Å². The summed E-state index contributed by atoms with van der Waals surface area (Å²) in [5, 5.41) is 11.6. The highest BCUT2D eigenvalue weighted by atomic mass is 16.5.